The lowest BCUT2D eigenvalue weighted by atomic mass is 9.96. The van der Waals surface area contributed by atoms with Crippen molar-refractivity contribution in [2.75, 3.05) is 20.8 Å². The van der Waals surface area contributed by atoms with Gasteiger partial charge in [-0.05, 0) is 71.7 Å². The maximum atomic E-state index is 13.9. The minimum Gasteiger partial charge on any atom is -0.497 e. The smallest absolute Gasteiger partial charge is 0.338 e. The van der Waals surface area contributed by atoms with Crippen molar-refractivity contribution in [1.29, 1.82) is 0 Å². The number of methoxy groups -OCH3 is 2. The molecule has 4 aromatic rings. The Bertz CT molecular complexity index is 1940. The Hall–Kier alpha value is -4.49. The number of esters is 1. The molecule has 1 atom stereocenters. The third-order valence-corrected chi connectivity index (χ3v) is 8.18. The number of nitro groups is 1. The van der Waals surface area contributed by atoms with Crippen LogP contribution in [0.25, 0.3) is 17.4 Å². The summed E-state index contributed by atoms with van der Waals surface area (Å²) in [4.78, 5) is 43.1. The van der Waals surface area contributed by atoms with Crippen molar-refractivity contribution in [3.63, 3.8) is 0 Å². The minimum atomic E-state index is -0.807. The molecular weight excluding hydrogens is 630 g/mol. The number of hydrogen-bond donors (Lipinski definition) is 0. The van der Waals surface area contributed by atoms with Crippen LogP contribution in [-0.4, -0.2) is 36.3 Å². The molecule has 11 nitrogen and oxygen atoms in total. The van der Waals surface area contributed by atoms with Gasteiger partial charge in [-0.1, -0.05) is 17.4 Å². The number of nitro benzene ring substituents is 1. The van der Waals surface area contributed by atoms with Crippen LogP contribution in [0.4, 0.5) is 5.69 Å². The number of fused-ring (bicyclic) bond motifs is 1. The first-order valence-electron chi connectivity index (χ1n) is 12.6. The molecule has 0 saturated carbocycles. The quantitative estimate of drug-likeness (QED) is 0.151. The van der Waals surface area contributed by atoms with Gasteiger partial charge < -0.3 is 18.6 Å². The van der Waals surface area contributed by atoms with Gasteiger partial charge in [0.25, 0.3) is 11.2 Å². The van der Waals surface area contributed by atoms with Crippen LogP contribution < -0.4 is 24.4 Å². The van der Waals surface area contributed by atoms with Crippen LogP contribution in [-0.2, 0) is 9.53 Å². The highest BCUT2D eigenvalue weighted by atomic mass is 79.9. The summed E-state index contributed by atoms with van der Waals surface area (Å²) in [5.41, 5.74) is 1.03. The Morgan fingerprint density at radius 2 is 1.98 bits per heavy atom. The van der Waals surface area contributed by atoms with E-state index in [1.54, 1.807) is 69.5 Å². The molecule has 0 saturated heterocycles. The third kappa shape index (κ3) is 5.28. The Morgan fingerprint density at radius 1 is 1.19 bits per heavy atom. The minimum absolute atomic E-state index is 0.159. The molecule has 1 aliphatic rings. The molecule has 0 spiro atoms. The number of furan rings is 1. The van der Waals surface area contributed by atoms with Crippen molar-refractivity contribution >= 4 is 45.0 Å². The predicted molar refractivity (Wildman–Crippen MR) is 158 cm³/mol. The molecule has 2 aromatic heterocycles. The van der Waals surface area contributed by atoms with Gasteiger partial charge in [0.05, 0.1) is 63.7 Å². The Morgan fingerprint density at radius 3 is 2.64 bits per heavy atom. The molecule has 0 radical (unpaired) electrons. The van der Waals surface area contributed by atoms with Crippen LogP contribution in [0.3, 0.4) is 0 Å². The summed E-state index contributed by atoms with van der Waals surface area (Å²) in [6, 6.07) is 12.2. The van der Waals surface area contributed by atoms with Gasteiger partial charge in [-0.2, -0.15) is 0 Å². The van der Waals surface area contributed by atoms with Crippen molar-refractivity contribution in [3.05, 3.63) is 105 Å². The lowest BCUT2D eigenvalue weighted by Gasteiger charge is -2.25. The fraction of sp³-hybridized carbons (Fsp3) is 0.207. The lowest BCUT2D eigenvalue weighted by molar-refractivity contribution is -0.384. The number of nitrogens with zero attached hydrogens (tertiary/aromatic N) is 3. The second kappa shape index (κ2) is 11.8. The topological polar surface area (TPSA) is 135 Å². The van der Waals surface area contributed by atoms with Crippen LogP contribution in [0, 0.1) is 10.1 Å². The van der Waals surface area contributed by atoms with Crippen molar-refractivity contribution < 1.29 is 28.3 Å². The second-order valence-electron chi connectivity index (χ2n) is 9.04. The largest absolute Gasteiger partial charge is 0.497 e. The molecule has 1 aliphatic heterocycles. The van der Waals surface area contributed by atoms with Crippen LogP contribution in [0.2, 0.25) is 0 Å². The van der Waals surface area contributed by atoms with E-state index in [1.165, 1.54) is 17.7 Å². The average Bonchev–Trinajstić information content (AvgIpc) is 3.55. The number of ether oxygens (including phenoxy) is 3. The number of carbonyl (C=O) groups is 1. The standard InChI is InChI=1S/C29H24BrN3O8S/c1-5-40-28(35)25-15(2)31-29-32(26(25)16-6-10-23(39-4)20(30)12-16)27(34)24(42-29)14-18-8-11-22(41-18)19-9-7-17(38-3)13-21(19)33(36)37/h6-14,26H,5H2,1-4H3/b24-14-/t26-/m0/s1. The van der Waals surface area contributed by atoms with Gasteiger partial charge in [0.2, 0.25) is 0 Å². The van der Waals surface area contributed by atoms with E-state index in [-0.39, 0.29) is 29.2 Å². The van der Waals surface area contributed by atoms with Gasteiger partial charge in [0.15, 0.2) is 4.80 Å². The van der Waals surface area contributed by atoms with E-state index in [1.807, 2.05) is 0 Å². The number of thiazole rings is 1. The molecule has 2 aromatic carbocycles. The van der Waals surface area contributed by atoms with E-state index >= 15 is 0 Å². The molecule has 5 rings (SSSR count). The highest BCUT2D eigenvalue weighted by Crippen LogP contribution is 2.36. The van der Waals surface area contributed by atoms with Crippen molar-refractivity contribution in [2.24, 2.45) is 4.99 Å². The van der Waals surface area contributed by atoms with Crippen LogP contribution in [0.15, 0.2) is 78.5 Å². The van der Waals surface area contributed by atoms with Crippen LogP contribution in [0.5, 0.6) is 11.5 Å². The van der Waals surface area contributed by atoms with E-state index in [0.29, 0.717) is 42.3 Å². The number of rotatable bonds is 8. The number of hydrogen-bond acceptors (Lipinski definition) is 10. The Kier molecular flexibility index (Phi) is 8.14. The van der Waals surface area contributed by atoms with Gasteiger partial charge in [-0.15, -0.1) is 0 Å². The molecular formula is C29H24BrN3O8S. The van der Waals surface area contributed by atoms with Crippen molar-refractivity contribution in [3.8, 4) is 22.8 Å². The van der Waals surface area contributed by atoms with Gasteiger partial charge in [-0.3, -0.25) is 19.5 Å². The summed E-state index contributed by atoms with van der Waals surface area (Å²) in [7, 11) is 2.97. The molecule has 42 heavy (non-hydrogen) atoms. The number of aromatic nitrogens is 1. The molecule has 0 aliphatic carbocycles. The molecule has 0 bridgehead atoms. The maximum absolute atomic E-state index is 13.9. The summed E-state index contributed by atoms with van der Waals surface area (Å²) >= 11 is 4.63. The number of benzene rings is 2. The zero-order chi connectivity index (χ0) is 30.1. The fourth-order valence-electron chi connectivity index (χ4n) is 4.66. The van der Waals surface area contributed by atoms with Gasteiger partial charge in [0, 0.05) is 6.08 Å². The highest BCUT2D eigenvalue weighted by molar-refractivity contribution is 9.10. The SMILES string of the molecule is CCOC(=O)C1=C(C)N=c2s/c(=C\c3ccc(-c4ccc(OC)cc4[N+](=O)[O-])o3)c(=O)n2[C@H]1c1ccc(OC)c(Br)c1. The summed E-state index contributed by atoms with van der Waals surface area (Å²) in [5.74, 6) is 0.932. The molecule has 0 N–H and O–H groups in total. The third-order valence-electron chi connectivity index (χ3n) is 6.58. The first-order chi connectivity index (χ1) is 20.2. The van der Waals surface area contributed by atoms with E-state index in [9.17, 15) is 19.7 Å². The Labute approximate surface area is 251 Å². The molecule has 0 unspecified atom stereocenters. The summed E-state index contributed by atoms with van der Waals surface area (Å²) < 4.78 is 24.1. The van der Waals surface area contributed by atoms with Crippen LogP contribution >= 0.6 is 27.3 Å². The number of allylic oxidation sites excluding steroid dienone is 1. The molecule has 3 heterocycles. The van der Waals surface area contributed by atoms with E-state index in [2.05, 4.69) is 20.9 Å². The van der Waals surface area contributed by atoms with E-state index in [0.717, 1.165) is 11.3 Å². The van der Waals surface area contributed by atoms with Gasteiger partial charge in [0.1, 0.15) is 23.0 Å². The van der Waals surface area contributed by atoms with Crippen molar-refractivity contribution in [2.45, 2.75) is 19.9 Å². The van der Waals surface area contributed by atoms with Gasteiger partial charge in [-0.25, -0.2) is 9.79 Å². The fourth-order valence-corrected chi connectivity index (χ4v) is 6.25. The van der Waals surface area contributed by atoms with E-state index in [4.69, 9.17) is 18.6 Å². The summed E-state index contributed by atoms with van der Waals surface area (Å²) in [6.45, 7) is 3.57. The molecule has 216 valence electrons. The normalized spacial score (nSPS) is 14.8. The predicted octanol–water partition coefficient (Wildman–Crippen LogP) is 4.75. The monoisotopic (exact) mass is 653 g/mol. The van der Waals surface area contributed by atoms with E-state index < -0.39 is 22.5 Å². The maximum Gasteiger partial charge on any atom is 0.338 e. The second-order valence-corrected chi connectivity index (χ2v) is 10.9. The molecule has 13 heteroatoms. The summed E-state index contributed by atoms with van der Waals surface area (Å²) in [5, 5.41) is 11.7. The van der Waals surface area contributed by atoms with Crippen molar-refractivity contribution in [1.82, 2.24) is 4.57 Å². The number of halogens is 1. The number of carbonyl (C=O) groups excluding carboxylic acids is 1. The van der Waals surface area contributed by atoms with Crippen LogP contribution in [0.1, 0.15) is 31.2 Å². The molecule has 0 fully saturated rings. The first-order valence-corrected chi connectivity index (χ1v) is 14.2. The Balaban J connectivity index is 1.63. The average molecular weight is 654 g/mol. The molecule has 0 amide bonds. The summed E-state index contributed by atoms with van der Waals surface area (Å²) in [6.07, 6.45) is 1.55. The first kappa shape index (κ1) is 29.0. The van der Waals surface area contributed by atoms with Gasteiger partial charge >= 0.3 is 5.97 Å². The zero-order valence-electron chi connectivity index (χ0n) is 22.9. The lowest BCUT2D eigenvalue weighted by Crippen LogP contribution is -2.39. The highest BCUT2D eigenvalue weighted by Gasteiger charge is 2.33. The zero-order valence-corrected chi connectivity index (χ0v) is 25.3.